The van der Waals surface area contributed by atoms with Gasteiger partial charge in [-0.15, -0.1) is 0 Å². The van der Waals surface area contributed by atoms with Gasteiger partial charge in [-0.1, -0.05) is 12.1 Å². The highest BCUT2D eigenvalue weighted by Crippen LogP contribution is 2.28. The largest absolute Gasteiger partial charge is 0.508 e. The summed E-state index contributed by atoms with van der Waals surface area (Å²) in [4.78, 5) is 26.2. The highest BCUT2D eigenvalue weighted by molar-refractivity contribution is 5.72. The molecule has 264 valence electrons. The number of amides is 2. The fraction of sp³-hybridized carbons (Fsp3) is 0.429. The zero-order valence-electron chi connectivity index (χ0n) is 28.9. The molecule has 0 fully saturated rings. The predicted molar refractivity (Wildman–Crippen MR) is 183 cm³/mol. The Morgan fingerprint density at radius 3 is 1.62 bits per heavy atom. The van der Waals surface area contributed by atoms with Crippen molar-refractivity contribution in [1.29, 1.82) is 0 Å². The first-order valence-electron chi connectivity index (χ1n) is 15.4. The monoisotopic (exact) mass is 670 g/mol. The average Bonchev–Trinajstić information content (AvgIpc) is 2.99. The first-order chi connectivity index (χ1) is 22.3. The van der Waals surface area contributed by atoms with Crippen molar-refractivity contribution in [2.45, 2.75) is 57.9 Å². The van der Waals surface area contributed by atoms with Crippen molar-refractivity contribution in [1.82, 2.24) is 20.4 Å². The smallest absolute Gasteiger partial charge is 0.414 e. The second-order valence-corrected chi connectivity index (χ2v) is 12.9. The lowest BCUT2D eigenvalue weighted by molar-refractivity contribution is 0.159. The number of ether oxygens (including phenoxy) is 2. The molecule has 3 aromatic rings. The molecule has 48 heavy (non-hydrogen) atoms. The summed E-state index contributed by atoms with van der Waals surface area (Å²) >= 11 is 0. The van der Waals surface area contributed by atoms with E-state index in [2.05, 4.69) is 10.6 Å². The topological polar surface area (TPSA) is 184 Å². The van der Waals surface area contributed by atoms with Crippen molar-refractivity contribution in [3.63, 3.8) is 0 Å². The third-order valence-electron chi connectivity index (χ3n) is 6.70. The van der Waals surface area contributed by atoms with E-state index in [1.54, 1.807) is 52.5 Å². The zero-order valence-corrected chi connectivity index (χ0v) is 28.9. The van der Waals surface area contributed by atoms with Crippen molar-refractivity contribution in [2.24, 2.45) is 0 Å². The zero-order chi connectivity index (χ0) is 36.2. The van der Waals surface area contributed by atoms with Crippen LogP contribution in [0.15, 0.2) is 60.7 Å². The lowest BCUT2D eigenvalue weighted by Crippen LogP contribution is -2.38. The Labute approximate surface area is 282 Å². The molecule has 0 aromatic heterocycles. The Hall–Kier alpha value is -4.56. The van der Waals surface area contributed by atoms with E-state index < -0.39 is 24.4 Å². The van der Waals surface area contributed by atoms with Crippen LogP contribution in [0.3, 0.4) is 0 Å². The van der Waals surface area contributed by atoms with Gasteiger partial charge >= 0.3 is 12.2 Å². The number of nitrogens with zero attached hydrogens (tertiary/aromatic N) is 2. The van der Waals surface area contributed by atoms with Crippen molar-refractivity contribution in [2.75, 3.05) is 41.3 Å². The molecule has 3 rings (SSSR count). The van der Waals surface area contributed by atoms with Gasteiger partial charge < -0.3 is 55.4 Å². The lowest BCUT2D eigenvalue weighted by Gasteiger charge is -2.23. The van der Waals surface area contributed by atoms with Gasteiger partial charge in [0.15, 0.2) is 0 Å². The Balaban J connectivity index is 0.000000338. The van der Waals surface area contributed by atoms with E-state index in [0.717, 1.165) is 12.0 Å². The van der Waals surface area contributed by atoms with E-state index in [1.807, 2.05) is 39.8 Å². The van der Waals surface area contributed by atoms with Gasteiger partial charge in [-0.3, -0.25) is 0 Å². The fourth-order valence-electron chi connectivity index (χ4n) is 4.11. The van der Waals surface area contributed by atoms with Gasteiger partial charge in [0.05, 0.1) is 12.2 Å². The Bertz CT molecular complexity index is 1410. The number of rotatable bonds is 11. The molecule has 3 unspecified atom stereocenters. The van der Waals surface area contributed by atoms with Gasteiger partial charge in [0, 0.05) is 65.0 Å². The number of hydrogen-bond acceptors (Lipinski definition) is 11. The van der Waals surface area contributed by atoms with E-state index in [9.17, 15) is 35.1 Å². The number of carbonyl (C=O) groups is 2. The van der Waals surface area contributed by atoms with E-state index in [4.69, 9.17) is 9.47 Å². The van der Waals surface area contributed by atoms with E-state index in [1.165, 1.54) is 34.1 Å². The maximum absolute atomic E-state index is 11.8. The van der Waals surface area contributed by atoms with Crippen LogP contribution in [0.5, 0.6) is 28.7 Å². The van der Waals surface area contributed by atoms with Crippen LogP contribution in [0.2, 0.25) is 0 Å². The summed E-state index contributed by atoms with van der Waals surface area (Å²) in [5.74, 6) is 0.441. The first kappa shape index (κ1) is 39.6. The average molecular weight is 671 g/mol. The van der Waals surface area contributed by atoms with Crippen LogP contribution >= 0.6 is 0 Å². The minimum atomic E-state index is -0.871. The maximum Gasteiger partial charge on any atom is 0.414 e. The molecule has 7 N–H and O–H groups in total. The van der Waals surface area contributed by atoms with E-state index in [-0.39, 0.29) is 46.9 Å². The van der Waals surface area contributed by atoms with Crippen molar-refractivity contribution < 1.29 is 44.6 Å². The minimum absolute atomic E-state index is 0.0776. The highest BCUT2D eigenvalue weighted by Gasteiger charge is 2.18. The molecular formula is C35H50N4O9. The standard InChI is InChI=1S/C18H29N3O5.C17H21NO4/c1-18(2,3)19-11-15(22)12-8-13(25-16(23)20(4)5)10-14(9-12)26-17(24)21(6)7;1-11(6-12-2-4-14(19)5-3-12)18-10-17(22)13-7-15(20)9-16(21)8-13/h8-10,15,19,22H,11H2,1-7H3;2-5,7-9,11,17-22H,6,10H2,1H3. The minimum Gasteiger partial charge on any atom is -0.508 e. The van der Waals surface area contributed by atoms with Crippen LogP contribution < -0.4 is 20.1 Å². The molecule has 13 nitrogen and oxygen atoms in total. The molecule has 0 spiro atoms. The maximum atomic E-state index is 11.8. The quantitative estimate of drug-likeness (QED) is 0.154. The molecule has 0 aliphatic carbocycles. The molecule has 3 atom stereocenters. The van der Waals surface area contributed by atoms with Crippen molar-refractivity contribution in [3.8, 4) is 28.7 Å². The molecule has 0 heterocycles. The number of phenolic OH excluding ortho intramolecular Hbond substituents is 3. The SMILES string of the molecule is CC(Cc1ccc(O)cc1)NCC(O)c1cc(O)cc(O)c1.CN(C)C(=O)Oc1cc(OC(=O)N(C)C)cc(C(O)CNC(C)(C)C)c1. The van der Waals surface area contributed by atoms with E-state index in [0.29, 0.717) is 17.7 Å². The van der Waals surface area contributed by atoms with Crippen LogP contribution in [-0.2, 0) is 6.42 Å². The molecule has 0 bridgehead atoms. The molecule has 0 radical (unpaired) electrons. The van der Waals surface area contributed by atoms with Gasteiger partial charge in [0.1, 0.15) is 28.7 Å². The summed E-state index contributed by atoms with van der Waals surface area (Å²) in [5.41, 5.74) is 1.84. The lowest BCUT2D eigenvalue weighted by atomic mass is 10.1. The Morgan fingerprint density at radius 1 is 0.708 bits per heavy atom. The number of benzene rings is 3. The van der Waals surface area contributed by atoms with Gasteiger partial charge in [-0.2, -0.15) is 0 Å². The highest BCUT2D eigenvalue weighted by atomic mass is 16.6. The van der Waals surface area contributed by atoms with Crippen LogP contribution in [0.4, 0.5) is 9.59 Å². The van der Waals surface area contributed by atoms with Crippen LogP contribution in [-0.4, -0.2) is 100 Å². The molecule has 0 aliphatic rings. The summed E-state index contributed by atoms with van der Waals surface area (Å²) in [5, 5.41) is 55.1. The number of carbonyl (C=O) groups excluding carboxylic acids is 2. The molecule has 0 saturated heterocycles. The summed E-state index contributed by atoms with van der Waals surface area (Å²) in [6.45, 7) is 8.55. The number of aliphatic hydroxyl groups excluding tert-OH is 2. The van der Waals surface area contributed by atoms with Crippen molar-refractivity contribution >= 4 is 12.2 Å². The number of nitrogens with one attached hydrogen (secondary N) is 2. The third kappa shape index (κ3) is 14.5. The molecular weight excluding hydrogens is 620 g/mol. The second-order valence-electron chi connectivity index (χ2n) is 12.9. The molecule has 0 aliphatic heterocycles. The molecule has 3 aromatic carbocycles. The number of aliphatic hydroxyl groups is 2. The summed E-state index contributed by atoms with van der Waals surface area (Å²) in [6.07, 6.45) is -2.08. The second kappa shape index (κ2) is 18.1. The number of β-amino-alcohol motifs (C(OH)–C–C–N with tert-alkyl or cyclic N) is 1. The van der Waals surface area contributed by atoms with Crippen LogP contribution in [0, 0.1) is 0 Å². The van der Waals surface area contributed by atoms with Gasteiger partial charge in [-0.25, -0.2) is 9.59 Å². The number of aromatic hydroxyl groups is 3. The number of hydrogen-bond donors (Lipinski definition) is 7. The fourth-order valence-corrected chi connectivity index (χ4v) is 4.11. The van der Waals surface area contributed by atoms with Crippen LogP contribution in [0.1, 0.15) is 56.6 Å². The molecule has 13 heteroatoms. The van der Waals surface area contributed by atoms with Crippen LogP contribution in [0.25, 0.3) is 0 Å². The number of phenols is 3. The summed E-state index contributed by atoms with van der Waals surface area (Å²) < 4.78 is 10.5. The van der Waals surface area contributed by atoms with Gasteiger partial charge in [0.25, 0.3) is 0 Å². The Kier molecular flexibility index (Phi) is 14.9. The summed E-state index contributed by atoms with van der Waals surface area (Å²) in [7, 11) is 6.23. The molecule has 0 saturated carbocycles. The normalized spacial score (nSPS) is 13.0. The van der Waals surface area contributed by atoms with Gasteiger partial charge in [-0.05, 0) is 87.2 Å². The summed E-state index contributed by atoms with van der Waals surface area (Å²) in [6, 6.07) is 15.7. The molecule has 2 amide bonds. The predicted octanol–water partition coefficient (Wildman–Crippen LogP) is 4.29. The van der Waals surface area contributed by atoms with E-state index >= 15 is 0 Å². The first-order valence-corrected chi connectivity index (χ1v) is 15.4. The van der Waals surface area contributed by atoms with Crippen molar-refractivity contribution in [3.05, 3.63) is 77.4 Å². The van der Waals surface area contributed by atoms with Gasteiger partial charge in [0.2, 0.25) is 0 Å². The third-order valence-corrected chi connectivity index (χ3v) is 6.70. The Morgan fingerprint density at radius 2 is 1.17 bits per heavy atom.